The van der Waals surface area contributed by atoms with Gasteiger partial charge in [-0.1, -0.05) is 72.8 Å². The van der Waals surface area contributed by atoms with Gasteiger partial charge in [-0.3, -0.25) is 0 Å². The zero-order valence-corrected chi connectivity index (χ0v) is 19.7. The summed E-state index contributed by atoms with van der Waals surface area (Å²) in [5.41, 5.74) is 1.94. The van der Waals surface area contributed by atoms with E-state index in [-0.39, 0.29) is 12.2 Å². The predicted octanol–water partition coefficient (Wildman–Crippen LogP) is 5.36. The molecule has 0 bridgehead atoms. The molecule has 0 aromatic heterocycles. The number of aromatic hydroxyl groups is 1. The maximum absolute atomic E-state index is 13.3. The highest BCUT2D eigenvalue weighted by atomic mass is 16.6. The van der Waals surface area contributed by atoms with Crippen LogP contribution in [0.4, 0.5) is 4.79 Å². The van der Waals surface area contributed by atoms with Gasteiger partial charge in [-0.25, -0.2) is 9.59 Å². The number of hydrogen-bond acceptors (Lipinski definition) is 5. The van der Waals surface area contributed by atoms with Crippen LogP contribution in [0, 0.1) is 0 Å². The Bertz CT molecular complexity index is 1060. The van der Waals surface area contributed by atoms with Crippen LogP contribution in [0.3, 0.4) is 0 Å². The van der Waals surface area contributed by atoms with Crippen LogP contribution in [-0.2, 0) is 27.1 Å². The second kappa shape index (κ2) is 11.4. The van der Waals surface area contributed by atoms with Crippen molar-refractivity contribution in [1.82, 2.24) is 5.32 Å². The molecule has 178 valence electrons. The summed E-state index contributed by atoms with van der Waals surface area (Å²) < 4.78 is 11.3. The van der Waals surface area contributed by atoms with Crippen molar-refractivity contribution in [2.45, 2.75) is 51.4 Å². The van der Waals surface area contributed by atoms with E-state index < -0.39 is 29.8 Å². The molecule has 0 saturated heterocycles. The molecular formula is C28H31NO5. The Morgan fingerprint density at radius 2 is 1.38 bits per heavy atom. The van der Waals surface area contributed by atoms with Gasteiger partial charge in [0.25, 0.3) is 0 Å². The maximum atomic E-state index is 13.3. The van der Waals surface area contributed by atoms with Crippen molar-refractivity contribution in [2.75, 3.05) is 0 Å². The lowest BCUT2D eigenvalue weighted by Crippen LogP contribution is -2.45. The van der Waals surface area contributed by atoms with Crippen molar-refractivity contribution in [3.63, 3.8) is 0 Å². The Kier molecular flexibility index (Phi) is 8.30. The van der Waals surface area contributed by atoms with Crippen LogP contribution in [0.15, 0.2) is 84.9 Å². The van der Waals surface area contributed by atoms with Crippen LogP contribution >= 0.6 is 0 Å². The van der Waals surface area contributed by atoms with E-state index in [1.807, 2.05) is 60.7 Å². The monoisotopic (exact) mass is 461 g/mol. The Morgan fingerprint density at radius 3 is 1.97 bits per heavy atom. The highest BCUT2D eigenvalue weighted by molar-refractivity contribution is 5.82. The van der Waals surface area contributed by atoms with Crippen LogP contribution in [0.5, 0.6) is 5.75 Å². The van der Waals surface area contributed by atoms with Gasteiger partial charge in [-0.15, -0.1) is 0 Å². The van der Waals surface area contributed by atoms with Crippen LogP contribution in [0.1, 0.15) is 43.6 Å². The Morgan fingerprint density at radius 1 is 0.824 bits per heavy atom. The number of carbonyl (C=O) groups excluding carboxylic acids is 2. The number of hydrogen-bond donors (Lipinski definition) is 2. The lowest BCUT2D eigenvalue weighted by Gasteiger charge is -2.25. The van der Waals surface area contributed by atoms with E-state index in [1.54, 1.807) is 32.9 Å². The minimum atomic E-state index is -0.971. The van der Waals surface area contributed by atoms with Gasteiger partial charge >= 0.3 is 12.1 Å². The van der Waals surface area contributed by atoms with E-state index in [0.717, 1.165) is 16.7 Å². The number of benzene rings is 3. The standard InChI is InChI=1S/C28H31NO5/c1-28(2,3)34-27(32)29-24(18-21-14-16-23(30)17-15-21)26(31)33-25(22-12-8-5-9-13-22)19-20-10-6-4-7-11-20/h4-17,24-25,30H,18-19H2,1-3H3,(H,29,32)/t24?,25-/m0/s1. The van der Waals surface area contributed by atoms with E-state index >= 15 is 0 Å². The number of phenolic OH excluding ortho intramolecular Hbond substituents is 1. The van der Waals surface area contributed by atoms with Crippen LogP contribution < -0.4 is 5.32 Å². The minimum Gasteiger partial charge on any atom is -0.508 e. The molecule has 3 aromatic rings. The largest absolute Gasteiger partial charge is 0.508 e. The third-order valence-electron chi connectivity index (χ3n) is 5.05. The Hall–Kier alpha value is -3.80. The maximum Gasteiger partial charge on any atom is 0.408 e. The van der Waals surface area contributed by atoms with Crippen molar-refractivity contribution in [3.05, 3.63) is 102 Å². The molecule has 0 aliphatic carbocycles. The van der Waals surface area contributed by atoms with E-state index in [0.29, 0.717) is 6.42 Å². The van der Waals surface area contributed by atoms with Crippen molar-refractivity contribution in [1.29, 1.82) is 0 Å². The molecule has 34 heavy (non-hydrogen) atoms. The number of carbonyl (C=O) groups is 2. The van der Waals surface area contributed by atoms with Gasteiger partial charge in [-0.05, 0) is 49.6 Å². The van der Waals surface area contributed by atoms with Gasteiger partial charge in [0.1, 0.15) is 23.5 Å². The number of ether oxygens (including phenoxy) is 2. The summed E-state index contributed by atoms with van der Waals surface area (Å²) in [6.07, 6.45) is -0.549. The van der Waals surface area contributed by atoms with Crippen LogP contribution in [0.25, 0.3) is 0 Å². The predicted molar refractivity (Wildman–Crippen MR) is 130 cm³/mol. The first kappa shape index (κ1) is 24.8. The smallest absolute Gasteiger partial charge is 0.408 e. The summed E-state index contributed by atoms with van der Waals surface area (Å²) in [5.74, 6) is -0.446. The molecule has 0 fully saturated rings. The van der Waals surface area contributed by atoms with E-state index in [4.69, 9.17) is 9.47 Å². The van der Waals surface area contributed by atoms with Crippen molar-refractivity contribution < 1.29 is 24.2 Å². The fourth-order valence-electron chi connectivity index (χ4n) is 3.46. The number of amides is 1. The van der Waals surface area contributed by atoms with Gasteiger partial charge in [0, 0.05) is 12.8 Å². The molecule has 0 spiro atoms. The van der Waals surface area contributed by atoms with Crippen LogP contribution in [-0.4, -0.2) is 28.8 Å². The molecule has 1 unspecified atom stereocenters. The second-order valence-electron chi connectivity index (χ2n) is 9.10. The van der Waals surface area contributed by atoms with Crippen LogP contribution in [0.2, 0.25) is 0 Å². The van der Waals surface area contributed by atoms with Crippen molar-refractivity contribution in [2.24, 2.45) is 0 Å². The normalized spacial score (nSPS) is 12.9. The molecule has 2 N–H and O–H groups in total. The van der Waals surface area contributed by atoms with E-state index in [2.05, 4.69) is 5.32 Å². The molecular weight excluding hydrogens is 430 g/mol. The highest BCUT2D eigenvalue weighted by Crippen LogP contribution is 2.24. The average molecular weight is 462 g/mol. The van der Waals surface area contributed by atoms with Gasteiger partial charge < -0.3 is 19.9 Å². The fraction of sp³-hybridized carbons (Fsp3) is 0.286. The molecule has 6 nitrogen and oxygen atoms in total. The molecule has 0 radical (unpaired) electrons. The number of nitrogens with one attached hydrogen (secondary N) is 1. The zero-order valence-electron chi connectivity index (χ0n) is 19.7. The molecule has 0 aliphatic heterocycles. The van der Waals surface area contributed by atoms with E-state index in [1.165, 1.54) is 12.1 Å². The van der Waals surface area contributed by atoms with Gasteiger partial charge in [-0.2, -0.15) is 0 Å². The first-order chi connectivity index (χ1) is 16.2. The Labute approximate surface area is 200 Å². The summed E-state index contributed by atoms with van der Waals surface area (Å²) in [6, 6.07) is 24.8. The molecule has 6 heteroatoms. The fourth-order valence-corrected chi connectivity index (χ4v) is 3.46. The molecule has 3 rings (SSSR count). The van der Waals surface area contributed by atoms with E-state index in [9.17, 15) is 14.7 Å². The summed E-state index contributed by atoms with van der Waals surface area (Å²) in [6.45, 7) is 5.27. The summed E-state index contributed by atoms with van der Waals surface area (Å²) >= 11 is 0. The average Bonchev–Trinajstić information content (AvgIpc) is 2.79. The quantitative estimate of drug-likeness (QED) is 0.442. The van der Waals surface area contributed by atoms with Crippen molar-refractivity contribution in [3.8, 4) is 5.75 Å². The minimum absolute atomic E-state index is 0.120. The second-order valence-corrected chi connectivity index (χ2v) is 9.10. The molecule has 3 aromatic carbocycles. The number of rotatable bonds is 8. The summed E-state index contributed by atoms with van der Waals surface area (Å²) in [5, 5.41) is 12.2. The first-order valence-corrected chi connectivity index (χ1v) is 11.3. The molecule has 0 aliphatic rings. The van der Waals surface area contributed by atoms with Crippen molar-refractivity contribution >= 4 is 12.1 Å². The third kappa shape index (κ3) is 7.96. The number of alkyl carbamates (subject to hydrolysis) is 1. The summed E-state index contributed by atoms with van der Waals surface area (Å²) in [7, 11) is 0. The third-order valence-corrected chi connectivity index (χ3v) is 5.05. The van der Waals surface area contributed by atoms with Gasteiger partial charge in [0.2, 0.25) is 0 Å². The molecule has 0 heterocycles. The van der Waals surface area contributed by atoms with Gasteiger partial charge in [0.15, 0.2) is 0 Å². The lowest BCUT2D eigenvalue weighted by atomic mass is 10.0. The SMILES string of the molecule is CC(C)(C)OC(=O)NC(Cc1ccc(O)cc1)C(=O)O[C@@H](Cc1ccccc1)c1ccccc1. The molecule has 2 atom stereocenters. The first-order valence-electron chi connectivity index (χ1n) is 11.3. The molecule has 1 amide bonds. The van der Waals surface area contributed by atoms with Gasteiger partial charge in [0.05, 0.1) is 0 Å². The topological polar surface area (TPSA) is 84.9 Å². The lowest BCUT2D eigenvalue weighted by molar-refractivity contribution is -0.152. The summed E-state index contributed by atoms with van der Waals surface area (Å²) in [4.78, 5) is 25.8. The molecule has 0 saturated carbocycles. The number of phenols is 1. The number of esters is 1. The zero-order chi connectivity index (χ0) is 24.6. The Balaban J connectivity index is 1.82. The highest BCUT2D eigenvalue weighted by Gasteiger charge is 2.28.